The summed E-state index contributed by atoms with van der Waals surface area (Å²) in [4.78, 5) is 0. The van der Waals surface area contributed by atoms with E-state index in [1.807, 2.05) is 19.4 Å². The molecule has 0 atom stereocenters. The Morgan fingerprint density at radius 2 is 2.60 bits per heavy atom. The van der Waals surface area contributed by atoms with Crippen LogP contribution in [-0.2, 0) is 0 Å². The van der Waals surface area contributed by atoms with Gasteiger partial charge in [-0.25, -0.2) is 0 Å². The number of aromatic nitrogens is 1. The lowest BCUT2D eigenvalue weighted by atomic mass is 10.2. The zero-order valence-electron chi connectivity index (χ0n) is 6.00. The van der Waals surface area contributed by atoms with Gasteiger partial charge in [-0.05, 0) is 19.9 Å². The van der Waals surface area contributed by atoms with Crippen molar-refractivity contribution in [2.24, 2.45) is 5.73 Å². The second-order valence-corrected chi connectivity index (χ2v) is 2.14. The van der Waals surface area contributed by atoms with E-state index < -0.39 is 0 Å². The number of hydrogen-bond acceptors (Lipinski definition) is 3. The summed E-state index contributed by atoms with van der Waals surface area (Å²) in [6.07, 6.45) is 2.81. The molecule has 3 heteroatoms. The molecule has 0 aromatic carbocycles. The van der Waals surface area contributed by atoms with Crippen LogP contribution in [0.2, 0.25) is 0 Å². The number of nitrogens with zero attached hydrogens (tertiary/aromatic N) is 1. The first-order valence-electron chi connectivity index (χ1n) is 3.29. The molecule has 10 heavy (non-hydrogen) atoms. The number of aryl methyl sites for hydroxylation is 1. The van der Waals surface area contributed by atoms with Crippen LogP contribution in [0.1, 0.15) is 17.9 Å². The molecule has 1 heterocycles. The van der Waals surface area contributed by atoms with E-state index in [1.54, 1.807) is 0 Å². The zero-order chi connectivity index (χ0) is 7.40. The molecule has 1 radical (unpaired) electrons. The van der Waals surface area contributed by atoms with E-state index in [0.717, 1.165) is 17.9 Å². The first-order valence-corrected chi connectivity index (χ1v) is 3.29. The molecule has 2 N–H and O–H groups in total. The molecule has 0 bridgehead atoms. The van der Waals surface area contributed by atoms with Crippen molar-refractivity contribution in [3.05, 3.63) is 23.9 Å². The molecule has 0 spiro atoms. The van der Waals surface area contributed by atoms with Crippen molar-refractivity contribution in [1.29, 1.82) is 0 Å². The zero-order valence-corrected chi connectivity index (χ0v) is 6.00. The summed E-state index contributed by atoms with van der Waals surface area (Å²) in [6, 6.07) is 1.88. The molecule has 0 fully saturated rings. The Kier molecular flexibility index (Phi) is 2.45. The number of rotatable bonds is 3. The molecule has 55 valence electrons. The Hall–Kier alpha value is -0.830. The molecule has 1 aromatic rings. The van der Waals surface area contributed by atoms with E-state index in [1.165, 1.54) is 0 Å². The Morgan fingerprint density at radius 3 is 3.10 bits per heavy atom. The fourth-order valence-electron chi connectivity index (χ4n) is 0.713. The highest BCUT2D eigenvalue weighted by Gasteiger charge is 1.97. The third kappa shape index (κ3) is 1.84. The maximum Gasteiger partial charge on any atom is 0.133 e. The van der Waals surface area contributed by atoms with Gasteiger partial charge in [0.15, 0.2) is 0 Å². The van der Waals surface area contributed by atoms with E-state index in [2.05, 4.69) is 5.16 Å². The summed E-state index contributed by atoms with van der Waals surface area (Å²) in [5.41, 5.74) is 6.17. The second-order valence-electron chi connectivity index (χ2n) is 2.14. The molecule has 0 saturated carbocycles. The minimum Gasteiger partial charge on any atom is -0.361 e. The number of nitrogens with two attached hydrogens (primary N) is 1. The van der Waals surface area contributed by atoms with Crippen LogP contribution in [0.25, 0.3) is 0 Å². The molecule has 0 saturated heterocycles. The Bertz CT molecular complexity index is 195. The van der Waals surface area contributed by atoms with Crippen LogP contribution >= 0.6 is 0 Å². The maximum absolute atomic E-state index is 5.29. The summed E-state index contributed by atoms with van der Waals surface area (Å²) < 4.78 is 4.84. The predicted octanol–water partition coefficient (Wildman–Crippen LogP) is 0.884. The summed E-state index contributed by atoms with van der Waals surface area (Å²) in [7, 11) is 0. The molecule has 0 aliphatic rings. The van der Waals surface area contributed by atoms with E-state index in [0.29, 0.717) is 6.54 Å². The van der Waals surface area contributed by atoms with E-state index in [9.17, 15) is 0 Å². The summed E-state index contributed by atoms with van der Waals surface area (Å²) in [6.45, 7) is 2.53. The summed E-state index contributed by atoms with van der Waals surface area (Å²) in [5, 5.41) is 3.77. The van der Waals surface area contributed by atoms with Gasteiger partial charge < -0.3 is 10.3 Å². The lowest BCUT2D eigenvalue weighted by Gasteiger charge is -1.87. The Morgan fingerprint density at radius 1 is 1.80 bits per heavy atom. The van der Waals surface area contributed by atoms with Crippen LogP contribution in [0, 0.1) is 13.3 Å². The first-order chi connectivity index (χ1) is 4.83. The van der Waals surface area contributed by atoms with Crippen LogP contribution < -0.4 is 5.73 Å². The Labute approximate surface area is 60.2 Å². The van der Waals surface area contributed by atoms with Gasteiger partial charge in [0, 0.05) is 12.5 Å². The van der Waals surface area contributed by atoms with Crippen LogP contribution in [0.3, 0.4) is 0 Å². The van der Waals surface area contributed by atoms with Crippen LogP contribution in [0.15, 0.2) is 10.6 Å². The lowest BCUT2D eigenvalue weighted by molar-refractivity contribution is 0.393. The standard InChI is InChI=1S/C7H11N2O/c1-6-5-7(9-10-6)3-2-4-8/h3,5H,2,4,8H2,1H3. The van der Waals surface area contributed by atoms with E-state index in [4.69, 9.17) is 10.3 Å². The lowest BCUT2D eigenvalue weighted by Crippen LogP contribution is -1.98. The topological polar surface area (TPSA) is 52.0 Å². The fourth-order valence-corrected chi connectivity index (χ4v) is 0.713. The normalized spacial score (nSPS) is 10.2. The average molecular weight is 139 g/mol. The summed E-state index contributed by atoms with van der Waals surface area (Å²) >= 11 is 0. The highest BCUT2D eigenvalue weighted by Crippen LogP contribution is 2.04. The maximum atomic E-state index is 5.29. The average Bonchev–Trinajstić information content (AvgIpc) is 2.31. The first kappa shape index (κ1) is 7.28. The largest absolute Gasteiger partial charge is 0.361 e. The second kappa shape index (κ2) is 3.37. The predicted molar refractivity (Wildman–Crippen MR) is 38.3 cm³/mol. The fraction of sp³-hybridized carbons (Fsp3) is 0.429. The minimum atomic E-state index is 0.659. The van der Waals surface area contributed by atoms with Gasteiger partial charge in [-0.15, -0.1) is 0 Å². The van der Waals surface area contributed by atoms with Gasteiger partial charge in [0.25, 0.3) is 0 Å². The molecule has 1 aromatic heterocycles. The SMILES string of the molecule is Cc1cc([CH]CCN)no1. The van der Waals surface area contributed by atoms with Crippen molar-refractivity contribution in [3.63, 3.8) is 0 Å². The molecular formula is C7H11N2O. The highest BCUT2D eigenvalue weighted by molar-refractivity contribution is 5.12. The van der Waals surface area contributed by atoms with Crippen LogP contribution in [0.5, 0.6) is 0 Å². The minimum absolute atomic E-state index is 0.659. The van der Waals surface area contributed by atoms with Crippen molar-refractivity contribution >= 4 is 0 Å². The number of hydrogen-bond donors (Lipinski definition) is 1. The van der Waals surface area contributed by atoms with Crippen molar-refractivity contribution in [1.82, 2.24) is 5.16 Å². The van der Waals surface area contributed by atoms with Gasteiger partial charge in [-0.2, -0.15) is 0 Å². The Balaban J connectivity index is 2.42. The molecular weight excluding hydrogens is 128 g/mol. The van der Waals surface area contributed by atoms with Crippen molar-refractivity contribution < 1.29 is 4.52 Å². The van der Waals surface area contributed by atoms with Crippen molar-refractivity contribution in [3.8, 4) is 0 Å². The van der Waals surface area contributed by atoms with Crippen molar-refractivity contribution in [2.75, 3.05) is 6.54 Å². The molecule has 3 nitrogen and oxygen atoms in total. The summed E-state index contributed by atoms with van der Waals surface area (Å²) in [5.74, 6) is 0.836. The van der Waals surface area contributed by atoms with Gasteiger partial charge in [-0.1, -0.05) is 5.16 Å². The molecule has 0 aliphatic heterocycles. The third-order valence-electron chi connectivity index (χ3n) is 1.17. The van der Waals surface area contributed by atoms with Gasteiger partial charge in [0.2, 0.25) is 0 Å². The molecule has 0 amide bonds. The van der Waals surface area contributed by atoms with Crippen molar-refractivity contribution in [2.45, 2.75) is 13.3 Å². The van der Waals surface area contributed by atoms with E-state index in [-0.39, 0.29) is 0 Å². The molecule has 0 unspecified atom stereocenters. The van der Waals surface area contributed by atoms with Gasteiger partial charge in [-0.3, -0.25) is 0 Å². The third-order valence-corrected chi connectivity index (χ3v) is 1.17. The van der Waals surface area contributed by atoms with Gasteiger partial charge in [0.1, 0.15) is 5.76 Å². The van der Waals surface area contributed by atoms with Gasteiger partial charge >= 0.3 is 0 Å². The smallest absolute Gasteiger partial charge is 0.133 e. The molecule has 1 rings (SSSR count). The quantitative estimate of drug-likeness (QED) is 0.676. The van der Waals surface area contributed by atoms with E-state index >= 15 is 0 Å². The highest BCUT2D eigenvalue weighted by atomic mass is 16.5. The monoisotopic (exact) mass is 139 g/mol. The van der Waals surface area contributed by atoms with Crippen LogP contribution in [-0.4, -0.2) is 11.7 Å². The van der Waals surface area contributed by atoms with Crippen LogP contribution in [0.4, 0.5) is 0 Å². The van der Waals surface area contributed by atoms with Gasteiger partial charge in [0.05, 0.1) is 5.69 Å². The molecule has 0 aliphatic carbocycles.